The van der Waals surface area contributed by atoms with Crippen LogP contribution in [0.3, 0.4) is 0 Å². The minimum absolute atomic E-state index is 0.0295. The summed E-state index contributed by atoms with van der Waals surface area (Å²) in [6.07, 6.45) is 2.33. The molecule has 1 aliphatic heterocycles. The normalized spacial score (nSPS) is 18.5. The summed E-state index contributed by atoms with van der Waals surface area (Å²) in [6.45, 7) is 11.8. The molecular weight excluding hydrogens is 302 g/mol. The van der Waals surface area contributed by atoms with Gasteiger partial charge < -0.3 is 19.9 Å². The number of nitrogens with one attached hydrogen (secondary N) is 2. The zero-order chi connectivity index (χ0) is 17.3. The van der Waals surface area contributed by atoms with Crippen molar-refractivity contribution in [3.63, 3.8) is 0 Å². The zero-order valence-corrected chi connectivity index (χ0v) is 15.3. The minimum Gasteiger partial charge on any atom is -0.384 e. The quantitative estimate of drug-likeness (QED) is 0.872. The Kier molecular flexibility index (Phi) is 4.99. The first kappa shape index (κ1) is 17.1. The number of nitrogens with zero attached hydrogens (tertiary/aromatic N) is 1. The summed E-state index contributed by atoms with van der Waals surface area (Å²) in [6, 6.07) is 0. The second-order valence-corrected chi connectivity index (χ2v) is 7.07. The van der Waals surface area contributed by atoms with Crippen molar-refractivity contribution >= 4 is 11.6 Å². The van der Waals surface area contributed by atoms with E-state index in [9.17, 15) is 4.79 Å². The molecular formula is C19H29N3O2. The summed E-state index contributed by atoms with van der Waals surface area (Å²) in [7, 11) is 0. The molecule has 2 N–H and O–H groups in total. The number of H-pyrrole nitrogens is 1. The molecule has 1 aromatic rings. The van der Waals surface area contributed by atoms with Gasteiger partial charge in [-0.1, -0.05) is 6.92 Å². The summed E-state index contributed by atoms with van der Waals surface area (Å²) >= 11 is 0. The molecule has 24 heavy (non-hydrogen) atoms. The van der Waals surface area contributed by atoms with E-state index in [1.165, 1.54) is 33.8 Å². The van der Waals surface area contributed by atoms with E-state index in [4.69, 9.17) is 4.74 Å². The van der Waals surface area contributed by atoms with Gasteiger partial charge in [-0.15, -0.1) is 0 Å². The van der Waals surface area contributed by atoms with Crippen molar-refractivity contribution in [2.24, 2.45) is 5.92 Å². The van der Waals surface area contributed by atoms with Crippen LogP contribution < -0.4 is 5.32 Å². The van der Waals surface area contributed by atoms with Gasteiger partial charge in [0.2, 0.25) is 5.91 Å². The van der Waals surface area contributed by atoms with E-state index < -0.39 is 0 Å². The molecule has 1 unspecified atom stereocenters. The van der Waals surface area contributed by atoms with E-state index in [2.05, 4.69) is 31.1 Å². The summed E-state index contributed by atoms with van der Waals surface area (Å²) < 4.78 is 5.33. The highest BCUT2D eigenvalue weighted by atomic mass is 16.5. The fourth-order valence-corrected chi connectivity index (χ4v) is 3.42. The number of aryl methyl sites for hydroxylation is 2. The van der Waals surface area contributed by atoms with Crippen LogP contribution in [0.5, 0.6) is 0 Å². The van der Waals surface area contributed by atoms with Crippen molar-refractivity contribution in [2.75, 3.05) is 32.8 Å². The number of carbonyl (C=O) groups excluding carboxylic acids is 1. The van der Waals surface area contributed by atoms with Gasteiger partial charge in [-0.25, -0.2) is 0 Å². The number of hydrogen-bond acceptors (Lipinski definition) is 3. The van der Waals surface area contributed by atoms with Gasteiger partial charge >= 0.3 is 0 Å². The molecule has 5 nitrogen and oxygen atoms in total. The third-order valence-corrected chi connectivity index (χ3v) is 5.12. The van der Waals surface area contributed by atoms with Crippen LogP contribution in [0, 0.1) is 26.7 Å². The Morgan fingerprint density at radius 1 is 1.21 bits per heavy atom. The van der Waals surface area contributed by atoms with Gasteiger partial charge in [-0.05, 0) is 44.7 Å². The predicted molar refractivity (Wildman–Crippen MR) is 95.7 cm³/mol. The summed E-state index contributed by atoms with van der Waals surface area (Å²) in [4.78, 5) is 17.9. The molecule has 1 atom stereocenters. The Labute approximate surface area is 144 Å². The second kappa shape index (κ2) is 7.01. The molecule has 0 aromatic carbocycles. The van der Waals surface area contributed by atoms with Crippen molar-refractivity contribution in [3.05, 3.63) is 28.1 Å². The smallest absolute Gasteiger partial charge is 0.227 e. The number of amides is 1. The highest BCUT2D eigenvalue weighted by Crippen LogP contribution is 2.37. The average molecular weight is 331 g/mol. The van der Waals surface area contributed by atoms with Crippen molar-refractivity contribution < 1.29 is 9.53 Å². The van der Waals surface area contributed by atoms with Gasteiger partial charge in [0.1, 0.15) is 0 Å². The molecule has 0 radical (unpaired) electrons. The molecule has 2 fully saturated rings. The van der Waals surface area contributed by atoms with E-state index in [1.807, 2.05) is 11.8 Å². The number of morpholine rings is 1. The van der Waals surface area contributed by atoms with Crippen LogP contribution in [-0.4, -0.2) is 48.6 Å². The molecule has 2 aliphatic rings. The number of ether oxygens (including phenoxy) is 1. The number of allylic oxidation sites excluding steroid dienone is 1. The maximum Gasteiger partial charge on any atom is 0.227 e. The van der Waals surface area contributed by atoms with Gasteiger partial charge in [0.15, 0.2) is 0 Å². The molecule has 3 rings (SSSR count). The molecule has 1 saturated carbocycles. The van der Waals surface area contributed by atoms with Gasteiger partial charge in [-0.2, -0.15) is 0 Å². The molecule has 1 saturated heterocycles. The standard InChI is InChI=1S/C19H29N3O2/c1-12(19(23)22-7-9-24-10-8-22)11-20-18(16-5-6-16)17-13(2)14(3)21-15(17)4/h12,20-21H,5-11H2,1-4H3. The van der Waals surface area contributed by atoms with Crippen LogP contribution in [0.25, 0.3) is 5.70 Å². The molecule has 1 aromatic heterocycles. The molecule has 0 bridgehead atoms. The number of rotatable bonds is 5. The van der Waals surface area contributed by atoms with Crippen molar-refractivity contribution in [1.29, 1.82) is 0 Å². The first-order chi connectivity index (χ1) is 11.5. The van der Waals surface area contributed by atoms with Crippen LogP contribution in [0.2, 0.25) is 0 Å². The van der Waals surface area contributed by atoms with Crippen molar-refractivity contribution in [1.82, 2.24) is 15.2 Å². The second-order valence-electron chi connectivity index (χ2n) is 7.07. The monoisotopic (exact) mass is 331 g/mol. The van der Waals surface area contributed by atoms with E-state index in [0.717, 1.165) is 12.8 Å². The van der Waals surface area contributed by atoms with E-state index >= 15 is 0 Å². The Morgan fingerprint density at radius 2 is 1.88 bits per heavy atom. The number of hydrogen-bond donors (Lipinski definition) is 2. The average Bonchev–Trinajstić information content (AvgIpc) is 3.38. The lowest BCUT2D eigenvalue weighted by Gasteiger charge is -2.29. The van der Waals surface area contributed by atoms with Gasteiger partial charge in [-0.3, -0.25) is 4.79 Å². The largest absolute Gasteiger partial charge is 0.384 e. The highest BCUT2D eigenvalue weighted by Gasteiger charge is 2.26. The van der Waals surface area contributed by atoms with Crippen LogP contribution in [0.4, 0.5) is 0 Å². The van der Waals surface area contributed by atoms with Crippen LogP contribution in [-0.2, 0) is 9.53 Å². The molecule has 0 spiro atoms. The van der Waals surface area contributed by atoms with E-state index in [0.29, 0.717) is 32.8 Å². The first-order valence-corrected chi connectivity index (χ1v) is 8.97. The summed E-state index contributed by atoms with van der Waals surface area (Å²) in [5, 5.41) is 3.59. The third-order valence-electron chi connectivity index (χ3n) is 5.12. The van der Waals surface area contributed by atoms with Gasteiger partial charge in [0.05, 0.1) is 19.1 Å². The molecule has 5 heteroatoms. The first-order valence-electron chi connectivity index (χ1n) is 8.97. The fourth-order valence-electron chi connectivity index (χ4n) is 3.42. The van der Waals surface area contributed by atoms with Gasteiger partial charge in [0, 0.05) is 42.3 Å². The van der Waals surface area contributed by atoms with Crippen LogP contribution >= 0.6 is 0 Å². The van der Waals surface area contributed by atoms with Crippen molar-refractivity contribution in [3.8, 4) is 0 Å². The van der Waals surface area contributed by atoms with E-state index in [1.54, 1.807) is 0 Å². The Morgan fingerprint density at radius 3 is 2.42 bits per heavy atom. The molecule has 132 valence electrons. The lowest BCUT2D eigenvalue weighted by Crippen LogP contribution is -2.45. The third kappa shape index (κ3) is 3.51. The Hall–Kier alpha value is -1.75. The molecule has 1 amide bonds. The molecule has 1 aliphatic carbocycles. The highest BCUT2D eigenvalue weighted by molar-refractivity contribution is 5.80. The van der Waals surface area contributed by atoms with Crippen molar-refractivity contribution in [2.45, 2.75) is 40.5 Å². The van der Waals surface area contributed by atoms with Crippen LogP contribution in [0.15, 0.2) is 5.57 Å². The fraction of sp³-hybridized carbons (Fsp3) is 0.632. The number of carbonyl (C=O) groups is 1. The number of aromatic nitrogens is 1. The minimum atomic E-state index is -0.0295. The van der Waals surface area contributed by atoms with Gasteiger partial charge in [0.25, 0.3) is 0 Å². The molecule has 2 heterocycles. The van der Waals surface area contributed by atoms with E-state index in [-0.39, 0.29) is 11.8 Å². The predicted octanol–water partition coefficient (Wildman–Crippen LogP) is 2.53. The Bertz CT molecular complexity index is 648. The topological polar surface area (TPSA) is 57.4 Å². The summed E-state index contributed by atoms with van der Waals surface area (Å²) in [5.74, 6) is 0.197. The number of aromatic amines is 1. The maximum absolute atomic E-state index is 12.6. The Balaban J connectivity index is 1.67. The zero-order valence-electron chi connectivity index (χ0n) is 15.3. The van der Waals surface area contributed by atoms with Crippen LogP contribution in [0.1, 0.15) is 42.3 Å². The lowest BCUT2D eigenvalue weighted by molar-refractivity contribution is -0.138. The summed E-state index contributed by atoms with van der Waals surface area (Å²) in [5.41, 5.74) is 7.76. The lowest BCUT2D eigenvalue weighted by atomic mass is 10.0. The SMILES string of the molecule is Cc1[nH]c(C)c(C(NCC(C)C(=O)N2CCOCC2)=C2CC2)c1C. The maximum atomic E-state index is 12.6.